The highest BCUT2D eigenvalue weighted by molar-refractivity contribution is 7.17. The maximum Gasteiger partial charge on any atom is 0.414 e. The molecule has 1 aromatic carbocycles. The van der Waals surface area contributed by atoms with Crippen molar-refractivity contribution in [2.24, 2.45) is 0 Å². The standard InChI is InChI=1S/C23H28ClN3O5S/c1-27-12-10-15-6-7-17(14-16(15)11-13-27)25-22(30)18(4-2-3-5-20(28)29)26-23(31)32-21-9-8-19(24)33-21/h6-9,14,18H,2-5,10-13H2,1H3,(H,25,30)(H,26,31)(H,28,29)/t18-/m1/s1. The van der Waals surface area contributed by atoms with Gasteiger partial charge in [0.15, 0.2) is 5.06 Å². The number of aliphatic carboxylic acids is 1. The Kier molecular flexibility index (Phi) is 9.11. The minimum atomic E-state index is -0.895. The third-order valence-corrected chi connectivity index (χ3v) is 6.59. The average molecular weight is 494 g/mol. The number of likely N-dealkylation sites (N-methyl/N-ethyl adjacent to an activating group) is 1. The maximum atomic E-state index is 13.0. The molecule has 3 N–H and O–H groups in total. The van der Waals surface area contributed by atoms with Crippen molar-refractivity contribution in [3.05, 3.63) is 45.8 Å². The summed E-state index contributed by atoms with van der Waals surface area (Å²) < 4.78 is 5.70. The summed E-state index contributed by atoms with van der Waals surface area (Å²) in [4.78, 5) is 38.4. The molecule has 8 nitrogen and oxygen atoms in total. The molecule has 0 unspecified atom stereocenters. The topological polar surface area (TPSA) is 108 Å². The molecule has 2 amide bonds. The van der Waals surface area contributed by atoms with Crippen LogP contribution in [0.15, 0.2) is 30.3 Å². The fraction of sp³-hybridized carbons (Fsp3) is 0.435. The number of hydrogen-bond acceptors (Lipinski definition) is 6. The van der Waals surface area contributed by atoms with Crippen LogP contribution in [-0.2, 0) is 22.4 Å². The van der Waals surface area contributed by atoms with E-state index in [9.17, 15) is 14.4 Å². The molecule has 0 radical (unpaired) electrons. The number of fused-ring (bicyclic) bond motifs is 1. The lowest BCUT2D eigenvalue weighted by Crippen LogP contribution is -2.45. The van der Waals surface area contributed by atoms with Gasteiger partial charge in [0.25, 0.3) is 0 Å². The molecule has 178 valence electrons. The van der Waals surface area contributed by atoms with Gasteiger partial charge < -0.3 is 25.4 Å². The second-order valence-corrected chi connectivity index (χ2v) is 9.74. The predicted molar refractivity (Wildman–Crippen MR) is 128 cm³/mol. The van der Waals surface area contributed by atoms with E-state index < -0.39 is 18.1 Å². The number of hydrogen-bond donors (Lipinski definition) is 3. The lowest BCUT2D eigenvalue weighted by Gasteiger charge is -2.18. The Morgan fingerprint density at radius 1 is 1.15 bits per heavy atom. The zero-order valence-corrected chi connectivity index (χ0v) is 20.0. The number of thiophene rings is 1. The van der Waals surface area contributed by atoms with Gasteiger partial charge in [-0.25, -0.2) is 4.79 Å². The molecule has 0 saturated carbocycles. The van der Waals surface area contributed by atoms with E-state index in [4.69, 9.17) is 21.4 Å². The number of unbranched alkanes of at least 4 members (excludes halogenated alkanes) is 1. The Morgan fingerprint density at radius 2 is 1.91 bits per heavy atom. The number of amides is 2. The Morgan fingerprint density at radius 3 is 2.61 bits per heavy atom. The molecule has 0 fully saturated rings. The highest BCUT2D eigenvalue weighted by Gasteiger charge is 2.23. The molecular weight excluding hydrogens is 466 g/mol. The molecular formula is C23H28ClN3O5S. The lowest BCUT2D eigenvalue weighted by molar-refractivity contribution is -0.137. The van der Waals surface area contributed by atoms with Crippen molar-refractivity contribution in [3.63, 3.8) is 0 Å². The van der Waals surface area contributed by atoms with Crippen LogP contribution >= 0.6 is 22.9 Å². The number of carbonyl (C=O) groups excluding carboxylic acids is 2. The van der Waals surface area contributed by atoms with Gasteiger partial charge in [0.1, 0.15) is 6.04 Å². The monoisotopic (exact) mass is 493 g/mol. The molecule has 1 aliphatic rings. The fourth-order valence-corrected chi connectivity index (χ4v) is 4.53. The van der Waals surface area contributed by atoms with Crippen LogP contribution in [-0.4, -0.2) is 54.2 Å². The number of nitrogens with zero attached hydrogens (tertiary/aromatic N) is 1. The van der Waals surface area contributed by atoms with Gasteiger partial charge in [0.05, 0.1) is 4.34 Å². The van der Waals surface area contributed by atoms with Gasteiger partial charge in [0, 0.05) is 25.2 Å². The zero-order valence-electron chi connectivity index (χ0n) is 18.4. The van der Waals surface area contributed by atoms with E-state index in [0.717, 1.165) is 37.3 Å². The number of nitrogens with one attached hydrogen (secondary N) is 2. The lowest BCUT2D eigenvalue weighted by atomic mass is 10.0. The maximum absolute atomic E-state index is 13.0. The molecule has 2 heterocycles. The van der Waals surface area contributed by atoms with E-state index in [-0.39, 0.29) is 18.7 Å². The molecule has 3 rings (SSSR count). The number of carboxylic acid groups (broad SMARTS) is 1. The second kappa shape index (κ2) is 12.0. The third kappa shape index (κ3) is 8.03. The van der Waals surface area contributed by atoms with Crippen LogP contribution in [0.4, 0.5) is 10.5 Å². The number of benzene rings is 1. The summed E-state index contributed by atoms with van der Waals surface area (Å²) in [5.74, 6) is -1.27. The van der Waals surface area contributed by atoms with Gasteiger partial charge in [-0.3, -0.25) is 9.59 Å². The summed E-state index contributed by atoms with van der Waals surface area (Å²) in [5.41, 5.74) is 3.15. The first-order valence-corrected chi connectivity index (χ1v) is 12.1. The summed E-state index contributed by atoms with van der Waals surface area (Å²) >= 11 is 6.97. The van der Waals surface area contributed by atoms with Crippen LogP contribution in [0.25, 0.3) is 0 Å². The van der Waals surface area contributed by atoms with Crippen molar-refractivity contribution >= 4 is 46.6 Å². The summed E-state index contributed by atoms with van der Waals surface area (Å²) in [6.45, 7) is 1.95. The van der Waals surface area contributed by atoms with Crippen molar-refractivity contribution in [2.45, 2.75) is 44.6 Å². The quantitative estimate of drug-likeness (QED) is 0.452. The van der Waals surface area contributed by atoms with Crippen molar-refractivity contribution in [3.8, 4) is 5.06 Å². The van der Waals surface area contributed by atoms with E-state index >= 15 is 0 Å². The minimum absolute atomic E-state index is 0.00570. The van der Waals surface area contributed by atoms with Gasteiger partial charge in [-0.2, -0.15) is 0 Å². The van der Waals surface area contributed by atoms with Crippen molar-refractivity contribution in [1.29, 1.82) is 0 Å². The number of halogens is 1. The normalized spacial score (nSPS) is 14.6. The Balaban J connectivity index is 1.64. The average Bonchev–Trinajstić information content (AvgIpc) is 3.07. The highest BCUT2D eigenvalue weighted by atomic mass is 35.5. The zero-order chi connectivity index (χ0) is 23.8. The van der Waals surface area contributed by atoms with E-state index in [2.05, 4.69) is 22.6 Å². The minimum Gasteiger partial charge on any atom is -0.481 e. The number of anilines is 1. The summed E-state index contributed by atoms with van der Waals surface area (Å²) in [5, 5.41) is 14.7. The smallest absolute Gasteiger partial charge is 0.414 e. The third-order valence-electron chi connectivity index (χ3n) is 5.48. The van der Waals surface area contributed by atoms with Crippen LogP contribution in [0.5, 0.6) is 5.06 Å². The van der Waals surface area contributed by atoms with Gasteiger partial charge >= 0.3 is 12.1 Å². The second-order valence-electron chi connectivity index (χ2n) is 8.06. The molecule has 1 aliphatic heterocycles. The van der Waals surface area contributed by atoms with Crippen molar-refractivity contribution in [1.82, 2.24) is 10.2 Å². The Bertz CT molecular complexity index is 996. The van der Waals surface area contributed by atoms with E-state index in [1.54, 1.807) is 12.1 Å². The molecule has 0 saturated heterocycles. The molecule has 0 aliphatic carbocycles. The summed E-state index contributed by atoms with van der Waals surface area (Å²) in [6.07, 6.45) is 2.27. The first-order valence-electron chi connectivity index (χ1n) is 10.9. The number of carbonyl (C=O) groups is 3. The first-order chi connectivity index (χ1) is 15.8. The number of carboxylic acids is 1. The first kappa shape index (κ1) is 25.0. The van der Waals surface area contributed by atoms with Crippen LogP contribution in [0.2, 0.25) is 4.34 Å². The van der Waals surface area contributed by atoms with Crippen molar-refractivity contribution < 1.29 is 24.2 Å². The van der Waals surface area contributed by atoms with Crippen molar-refractivity contribution in [2.75, 3.05) is 25.5 Å². The van der Waals surface area contributed by atoms with E-state index in [1.807, 2.05) is 18.2 Å². The van der Waals surface area contributed by atoms with Gasteiger partial charge in [-0.05, 0) is 68.1 Å². The fourth-order valence-electron chi connectivity index (χ4n) is 3.65. The Labute approximate surface area is 201 Å². The molecule has 1 aromatic heterocycles. The van der Waals surface area contributed by atoms with Crippen LogP contribution in [0, 0.1) is 0 Å². The largest absolute Gasteiger partial charge is 0.481 e. The van der Waals surface area contributed by atoms with E-state index in [1.165, 1.54) is 11.1 Å². The van der Waals surface area contributed by atoms with Crippen LogP contribution in [0.1, 0.15) is 36.8 Å². The van der Waals surface area contributed by atoms with Crippen LogP contribution in [0.3, 0.4) is 0 Å². The van der Waals surface area contributed by atoms with E-state index in [0.29, 0.717) is 27.9 Å². The van der Waals surface area contributed by atoms with Gasteiger partial charge in [-0.1, -0.05) is 35.4 Å². The summed E-state index contributed by atoms with van der Waals surface area (Å²) in [7, 11) is 2.10. The van der Waals surface area contributed by atoms with Crippen LogP contribution < -0.4 is 15.4 Å². The highest BCUT2D eigenvalue weighted by Crippen LogP contribution is 2.28. The molecule has 1 atom stereocenters. The SMILES string of the molecule is CN1CCc2ccc(NC(=O)[C@@H](CCCCC(=O)O)NC(=O)Oc3ccc(Cl)s3)cc2CC1. The molecule has 0 bridgehead atoms. The predicted octanol–water partition coefficient (Wildman–Crippen LogP) is 4.17. The molecule has 10 heteroatoms. The summed E-state index contributed by atoms with van der Waals surface area (Å²) in [6, 6.07) is 8.21. The Hall–Kier alpha value is -2.62. The molecule has 33 heavy (non-hydrogen) atoms. The number of ether oxygens (including phenoxy) is 1. The van der Waals surface area contributed by atoms with Gasteiger partial charge in [-0.15, -0.1) is 0 Å². The molecule has 0 spiro atoms. The van der Waals surface area contributed by atoms with Gasteiger partial charge in [0.2, 0.25) is 5.91 Å². The number of rotatable bonds is 9. The molecule has 2 aromatic rings.